The third-order valence-electron chi connectivity index (χ3n) is 2.63. The van der Waals surface area contributed by atoms with Crippen LogP contribution in [0, 0.1) is 6.92 Å². The molecule has 0 aliphatic heterocycles. The third-order valence-corrected chi connectivity index (χ3v) is 6.55. The number of sulfonamides is 1. The van der Waals surface area contributed by atoms with E-state index in [0.717, 1.165) is 15.6 Å². The molecule has 0 fully saturated rings. The van der Waals surface area contributed by atoms with Gasteiger partial charge in [0, 0.05) is 23.2 Å². The van der Waals surface area contributed by atoms with Gasteiger partial charge in [-0.3, -0.25) is 0 Å². The van der Waals surface area contributed by atoms with Gasteiger partial charge in [-0.05, 0) is 32.0 Å². The van der Waals surface area contributed by atoms with Crippen LogP contribution in [0.1, 0.15) is 15.6 Å². The molecule has 2 rings (SSSR count). The Morgan fingerprint density at radius 1 is 1.35 bits per heavy atom. The number of hydrogen-bond donors (Lipinski definition) is 2. The van der Waals surface area contributed by atoms with Crippen LogP contribution in [0.5, 0.6) is 0 Å². The second-order valence-electron chi connectivity index (χ2n) is 4.27. The van der Waals surface area contributed by atoms with Crippen molar-refractivity contribution in [1.82, 2.24) is 9.71 Å². The second-order valence-corrected chi connectivity index (χ2v) is 8.49. The summed E-state index contributed by atoms with van der Waals surface area (Å²) in [5, 5.41) is 2.95. The van der Waals surface area contributed by atoms with E-state index in [9.17, 15) is 8.42 Å². The Hall–Kier alpha value is -0.800. The molecule has 0 bridgehead atoms. The maximum absolute atomic E-state index is 12.1. The van der Waals surface area contributed by atoms with Crippen molar-refractivity contribution in [2.45, 2.75) is 24.0 Å². The zero-order chi connectivity index (χ0) is 14.6. The van der Waals surface area contributed by atoms with Crippen LogP contribution < -0.4 is 10.5 Å². The Kier molecular flexibility index (Phi) is 5.28. The van der Waals surface area contributed by atoms with Crippen LogP contribution in [-0.2, 0) is 22.9 Å². The van der Waals surface area contributed by atoms with Gasteiger partial charge >= 0.3 is 0 Å². The summed E-state index contributed by atoms with van der Waals surface area (Å²) in [4.78, 5) is 5.29. The van der Waals surface area contributed by atoms with E-state index in [-0.39, 0.29) is 0 Å². The van der Waals surface area contributed by atoms with Gasteiger partial charge in [-0.15, -0.1) is 22.7 Å². The number of rotatable bonds is 7. The lowest BCUT2D eigenvalue weighted by Gasteiger charge is -2.03. The Labute approximate surface area is 126 Å². The molecule has 8 heteroatoms. The van der Waals surface area contributed by atoms with Gasteiger partial charge in [0.1, 0.15) is 4.21 Å². The fraction of sp³-hybridized carbons (Fsp3) is 0.417. The molecule has 2 heterocycles. The summed E-state index contributed by atoms with van der Waals surface area (Å²) in [6.07, 6.45) is 1.31. The summed E-state index contributed by atoms with van der Waals surface area (Å²) >= 11 is 2.84. The maximum atomic E-state index is 12.1. The standard InChI is InChI=1S/C12H17N3O2S3/c1-9-15-10(8-18-9)5-7-14-20(16,17)12-3-2-11(19-12)4-6-13/h2-3,8,14H,4-7,13H2,1H3. The van der Waals surface area contributed by atoms with Crippen LogP contribution in [-0.4, -0.2) is 26.5 Å². The van der Waals surface area contributed by atoms with Crippen molar-refractivity contribution in [3.8, 4) is 0 Å². The van der Waals surface area contributed by atoms with E-state index >= 15 is 0 Å². The molecule has 0 atom stereocenters. The van der Waals surface area contributed by atoms with Gasteiger partial charge in [-0.25, -0.2) is 18.1 Å². The van der Waals surface area contributed by atoms with Gasteiger partial charge in [0.15, 0.2) is 0 Å². The van der Waals surface area contributed by atoms with Crippen molar-refractivity contribution >= 4 is 32.7 Å². The molecule has 0 saturated heterocycles. The summed E-state index contributed by atoms with van der Waals surface area (Å²) in [5.41, 5.74) is 6.38. The Bertz CT molecular complexity index is 661. The van der Waals surface area contributed by atoms with Gasteiger partial charge < -0.3 is 5.73 Å². The highest BCUT2D eigenvalue weighted by Gasteiger charge is 2.16. The number of thiophene rings is 1. The summed E-state index contributed by atoms with van der Waals surface area (Å²) in [5.74, 6) is 0. The Balaban J connectivity index is 1.92. The topological polar surface area (TPSA) is 85.1 Å². The molecule has 0 radical (unpaired) electrons. The molecule has 0 saturated carbocycles. The van der Waals surface area contributed by atoms with Crippen LogP contribution in [0.2, 0.25) is 0 Å². The van der Waals surface area contributed by atoms with E-state index in [1.807, 2.05) is 18.4 Å². The van der Waals surface area contributed by atoms with Crippen molar-refractivity contribution in [2.24, 2.45) is 5.73 Å². The van der Waals surface area contributed by atoms with Crippen molar-refractivity contribution in [1.29, 1.82) is 0 Å². The third kappa shape index (κ3) is 4.10. The van der Waals surface area contributed by atoms with Crippen LogP contribution >= 0.6 is 22.7 Å². The van der Waals surface area contributed by atoms with Crippen LogP contribution in [0.3, 0.4) is 0 Å². The van der Waals surface area contributed by atoms with Crippen molar-refractivity contribution < 1.29 is 8.42 Å². The smallest absolute Gasteiger partial charge is 0.250 e. The summed E-state index contributed by atoms with van der Waals surface area (Å²) in [6.45, 7) is 2.81. The summed E-state index contributed by atoms with van der Waals surface area (Å²) in [7, 11) is -3.42. The average Bonchev–Trinajstić information content (AvgIpc) is 2.99. The van der Waals surface area contributed by atoms with Crippen molar-refractivity contribution in [3.05, 3.63) is 33.1 Å². The SMILES string of the molecule is Cc1nc(CCNS(=O)(=O)c2ccc(CCN)s2)cs1. The minimum absolute atomic E-state index is 0.343. The number of nitrogens with two attached hydrogens (primary N) is 1. The molecule has 0 aliphatic carbocycles. The average molecular weight is 331 g/mol. The van der Waals surface area contributed by atoms with Gasteiger partial charge in [0.2, 0.25) is 10.0 Å². The molecule has 0 aliphatic rings. The van der Waals surface area contributed by atoms with Crippen LogP contribution in [0.4, 0.5) is 0 Å². The zero-order valence-electron chi connectivity index (χ0n) is 11.1. The lowest BCUT2D eigenvalue weighted by Crippen LogP contribution is -2.25. The Morgan fingerprint density at radius 2 is 2.15 bits per heavy atom. The highest BCUT2D eigenvalue weighted by atomic mass is 32.2. The van der Waals surface area contributed by atoms with E-state index in [4.69, 9.17) is 5.73 Å². The van der Waals surface area contributed by atoms with E-state index in [0.29, 0.717) is 30.1 Å². The molecule has 2 aromatic heterocycles. The number of aryl methyl sites for hydroxylation is 1. The highest BCUT2D eigenvalue weighted by Crippen LogP contribution is 2.21. The maximum Gasteiger partial charge on any atom is 0.250 e. The second kappa shape index (κ2) is 6.77. The number of nitrogens with one attached hydrogen (secondary N) is 1. The van der Waals surface area contributed by atoms with Crippen molar-refractivity contribution in [2.75, 3.05) is 13.1 Å². The quantitative estimate of drug-likeness (QED) is 0.806. The van der Waals surface area contributed by atoms with Crippen LogP contribution in [0.25, 0.3) is 0 Å². The molecule has 20 heavy (non-hydrogen) atoms. The molecule has 3 N–H and O–H groups in total. The Morgan fingerprint density at radius 3 is 2.80 bits per heavy atom. The van der Waals surface area contributed by atoms with E-state index in [1.54, 1.807) is 17.4 Å². The molecule has 0 spiro atoms. The fourth-order valence-electron chi connectivity index (χ4n) is 1.69. The monoisotopic (exact) mass is 331 g/mol. The molecule has 2 aromatic rings. The van der Waals surface area contributed by atoms with Gasteiger partial charge in [0.05, 0.1) is 10.7 Å². The molecule has 5 nitrogen and oxygen atoms in total. The molecule has 0 amide bonds. The predicted octanol–water partition coefficient (Wildman–Crippen LogP) is 1.54. The molecular weight excluding hydrogens is 314 g/mol. The first-order valence-electron chi connectivity index (χ1n) is 6.21. The van der Waals surface area contributed by atoms with Gasteiger partial charge in [-0.1, -0.05) is 0 Å². The summed E-state index contributed by atoms with van der Waals surface area (Å²) in [6, 6.07) is 3.45. The lowest BCUT2D eigenvalue weighted by atomic mass is 10.3. The molecule has 110 valence electrons. The number of thiazole rings is 1. The minimum atomic E-state index is -3.42. The molecular formula is C12H17N3O2S3. The fourth-order valence-corrected chi connectivity index (χ4v) is 4.78. The normalized spacial score (nSPS) is 11.9. The number of aromatic nitrogens is 1. The first-order valence-corrected chi connectivity index (χ1v) is 9.38. The molecule has 0 unspecified atom stereocenters. The van der Waals surface area contributed by atoms with E-state index in [1.165, 1.54) is 11.3 Å². The first-order chi connectivity index (χ1) is 9.51. The highest BCUT2D eigenvalue weighted by molar-refractivity contribution is 7.91. The van der Waals surface area contributed by atoms with Gasteiger partial charge in [-0.2, -0.15) is 0 Å². The van der Waals surface area contributed by atoms with Gasteiger partial charge in [0.25, 0.3) is 0 Å². The zero-order valence-corrected chi connectivity index (χ0v) is 13.6. The van der Waals surface area contributed by atoms with E-state index in [2.05, 4.69) is 9.71 Å². The first kappa shape index (κ1) is 15.6. The molecule has 0 aromatic carbocycles. The van der Waals surface area contributed by atoms with Crippen molar-refractivity contribution in [3.63, 3.8) is 0 Å². The largest absolute Gasteiger partial charge is 0.330 e. The number of hydrogen-bond acceptors (Lipinski definition) is 6. The minimum Gasteiger partial charge on any atom is -0.330 e. The predicted molar refractivity (Wildman–Crippen MR) is 82.8 cm³/mol. The van der Waals surface area contributed by atoms with E-state index < -0.39 is 10.0 Å². The summed E-state index contributed by atoms with van der Waals surface area (Å²) < 4.78 is 27.1. The van der Waals surface area contributed by atoms with Crippen LogP contribution in [0.15, 0.2) is 21.7 Å². The lowest BCUT2D eigenvalue weighted by molar-refractivity contribution is 0.583. The number of nitrogens with zero attached hydrogens (tertiary/aromatic N) is 1.